The number of aromatic nitrogens is 2. The summed E-state index contributed by atoms with van der Waals surface area (Å²) in [5.41, 5.74) is 0.835. The Morgan fingerprint density at radius 2 is 2.14 bits per heavy atom. The van der Waals surface area contributed by atoms with E-state index in [4.69, 9.17) is 11.6 Å². The summed E-state index contributed by atoms with van der Waals surface area (Å²) in [6.07, 6.45) is 2.44. The Labute approximate surface area is 126 Å². The minimum Gasteiger partial charge on any atom is -0.478 e. The van der Waals surface area contributed by atoms with Gasteiger partial charge in [0.15, 0.2) is 0 Å². The first-order chi connectivity index (χ1) is 9.76. The highest BCUT2D eigenvalue weighted by atomic mass is 35.5. The van der Waals surface area contributed by atoms with Crippen molar-refractivity contribution in [3.05, 3.63) is 41.0 Å². The SMILES string of the molecule is CS(=O)(=O)CCn1cc(C(=O)O)c(-c2cccc(Cl)c2)n1. The van der Waals surface area contributed by atoms with E-state index in [0.717, 1.165) is 6.26 Å². The van der Waals surface area contributed by atoms with Crippen LogP contribution in [-0.4, -0.2) is 41.3 Å². The average Bonchev–Trinajstić information content (AvgIpc) is 2.80. The summed E-state index contributed by atoms with van der Waals surface area (Å²) in [6.45, 7) is 0.0969. The number of hydrogen-bond acceptors (Lipinski definition) is 4. The van der Waals surface area contributed by atoms with Crippen LogP contribution in [0.3, 0.4) is 0 Å². The van der Waals surface area contributed by atoms with Crippen LogP contribution in [-0.2, 0) is 16.4 Å². The first-order valence-corrected chi connectivity index (χ1v) is 8.44. The number of halogens is 1. The van der Waals surface area contributed by atoms with Gasteiger partial charge in [-0.1, -0.05) is 23.7 Å². The maximum Gasteiger partial charge on any atom is 0.339 e. The van der Waals surface area contributed by atoms with Crippen molar-refractivity contribution >= 4 is 27.4 Å². The predicted molar refractivity (Wildman–Crippen MR) is 79.3 cm³/mol. The first-order valence-electron chi connectivity index (χ1n) is 6.01. The van der Waals surface area contributed by atoms with Crippen molar-refractivity contribution in [1.29, 1.82) is 0 Å². The fourth-order valence-electron chi connectivity index (χ4n) is 1.80. The number of carboxylic acids is 1. The minimum absolute atomic E-state index is 0.00534. The second kappa shape index (κ2) is 5.87. The molecule has 1 heterocycles. The van der Waals surface area contributed by atoms with Crippen LogP contribution in [0.5, 0.6) is 0 Å². The molecule has 0 amide bonds. The lowest BCUT2D eigenvalue weighted by molar-refractivity contribution is 0.0697. The molecule has 21 heavy (non-hydrogen) atoms. The lowest BCUT2D eigenvalue weighted by Crippen LogP contribution is -2.11. The molecule has 0 aliphatic carbocycles. The third-order valence-corrected chi connectivity index (χ3v) is 3.94. The van der Waals surface area contributed by atoms with E-state index in [1.807, 2.05) is 0 Å². The second-order valence-electron chi connectivity index (χ2n) is 4.60. The molecule has 1 N–H and O–H groups in total. The zero-order valence-electron chi connectivity index (χ0n) is 11.2. The summed E-state index contributed by atoms with van der Waals surface area (Å²) >= 11 is 5.89. The van der Waals surface area contributed by atoms with E-state index in [-0.39, 0.29) is 23.6 Å². The van der Waals surface area contributed by atoms with E-state index in [9.17, 15) is 18.3 Å². The van der Waals surface area contributed by atoms with Crippen molar-refractivity contribution in [3.63, 3.8) is 0 Å². The fourth-order valence-corrected chi connectivity index (χ4v) is 2.51. The molecular weight excluding hydrogens is 316 g/mol. The molecule has 2 rings (SSSR count). The van der Waals surface area contributed by atoms with Crippen LogP contribution < -0.4 is 0 Å². The highest BCUT2D eigenvalue weighted by Crippen LogP contribution is 2.24. The molecule has 8 heteroatoms. The van der Waals surface area contributed by atoms with Crippen LogP contribution in [0, 0.1) is 0 Å². The molecule has 1 aromatic heterocycles. The molecule has 0 fully saturated rings. The van der Waals surface area contributed by atoms with Crippen molar-refractivity contribution in [1.82, 2.24) is 9.78 Å². The van der Waals surface area contributed by atoms with Gasteiger partial charge in [-0.2, -0.15) is 5.10 Å². The Morgan fingerprint density at radius 3 is 2.71 bits per heavy atom. The van der Waals surface area contributed by atoms with Crippen molar-refractivity contribution in [2.75, 3.05) is 12.0 Å². The van der Waals surface area contributed by atoms with Crippen LogP contribution >= 0.6 is 11.6 Å². The molecule has 1 aromatic carbocycles. The largest absolute Gasteiger partial charge is 0.478 e. The van der Waals surface area contributed by atoms with Crippen LogP contribution in [0.15, 0.2) is 30.5 Å². The molecule has 0 aliphatic heterocycles. The molecule has 0 saturated heterocycles. The molecule has 0 radical (unpaired) electrons. The summed E-state index contributed by atoms with van der Waals surface area (Å²) in [5.74, 6) is -1.24. The third-order valence-electron chi connectivity index (χ3n) is 2.78. The van der Waals surface area contributed by atoms with E-state index in [2.05, 4.69) is 5.10 Å². The van der Waals surface area contributed by atoms with E-state index < -0.39 is 15.8 Å². The fraction of sp³-hybridized carbons (Fsp3) is 0.231. The quantitative estimate of drug-likeness (QED) is 0.906. The first kappa shape index (κ1) is 15.5. The summed E-state index contributed by atoms with van der Waals surface area (Å²) in [6, 6.07) is 6.67. The van der Waals surface area contributed by atoms with E-state index >= 15 is 0 Å². The Morgan fingerprint density at radius 1 is 1.43 bits per heavy atom. The van der Waals surface area contributed by atoms with Gasteiger partial charge in [-0.25, -0.2) is 13.2 Å². The van der Waals surface area contributed by atoms with Gasteiger partial charge in [0.05, 0.1) is 12.3 Å². The van der Waals surface area contributed by atoms with Crippen molar-refractivity contribution in [2.24, 2.45) is 0 Å². The van der Waals surface area contributed by atoms with Crippen molar-refractivity contribution in [2.45, 2.75) is 6.54 Å². The Hall–Kier alpha value is -1.86. The Balaban J connectivity index is 2.41. The number of aryl methyl sites for hydroxylation is 1. The monoisotopic (exact) mass is 328 g/mol. The number of hydrogen-bond donors (Lipinski definition) is 1. The highest BCUT2D eigenvalue weighted by molar-refractivity contribution is 7.90. The molecule has 0 unspecified atom stereocenters. The number of carboxylic acid groups (broad SMARTS) is 1. The summed E-state index contributed by atoms with van der Waals surface area (Å²) in [4.78, 5) is 11.3. The van der Waals surface area contributed by atoms with Crippen molar-refractivity contribution < 1.29 is 18.3 Å². The van der Waals surface area contributed by atoms with Crippen LogP contribution in [0.2, 0.25) is 5.02 Å². The van der Waals surface area contributed by atoms with E-state index in [0.29, 0.717) is 10.6 Å². The lowest BCUT2D eigenvalue weighted by Gasteiger charge is -2.00. The van der Waals surface area contributed by atoms with E-state index in [1.165, 1.54) is 10.9 Å². The smallest absolute Gasteiger partial charge is 0.339 e. The van der Waals surface area contributed by atoms with E-state index in [1.54, 1.807) is 24.3 Å². The molecule has 0 saturated carbocycles. The topological polar surface area (TPSA) is 89.3 Å². The van der Waals surface area contributed by atoms with Crippen molar-refractivity contribution in [3.8, 4) is 11.3 Å². The summed E-state index contributed by atoms with van der Waals surface area (Å²) < 4.78 is 23.7. The van der Waals surface area contributed by atoms with Gasteiger partial charge in [0, 0.05) is 23.0 Å². The summed E-state index contributed by atoms with van der Waals surface area (Å²) in [5, 5.41) is 13.9. The number of benzene rings is 1. The van der Waals surface area contributed by atoms with Gasteiger partial charge >= 0.3 is 5.97 Å². The second-order valence-corrected chi connectivity index (χ2v) is 7.30. The van der Waals surface area contributed by atoms with Crippen LogP contribution in [0.25, 0.3) is 11.3 Å². The highest BCUT2D eigenvalue weighted by Gasteiger charge is 2.17. The predicted octanol–water partition coefficient (Wildman–Crippen LogP) is 1.95. The number of aromatic carboxylic acids is 1. The molecule has 0 bridgehead atoms. The zero-order valence-corrected chi connectivity index (χ0v) is 12.7. The van der Waals surface area contributed by atoms with Crippen LogP contribution in [0.4, 0.5) is 0 Å². The molecule has 112 valence electrons. The number of nitrogens with zero attached hydrogens (tertiary/aromatic N) is 2. The van der Waals surface area contributed by atoms with Gasteiger partial charge < -0.3 is 5.11 Å². The number of rotatable bonds is 5. The van der Waals surface area contributed by atoms with Gasteiger partial charge in [0.25, 0.3) is 0 Å². The molecule has 2 aromatic rings. The number of carbonyl (C=O) groups is 1. The molecule has 0 aliphatic rings. The van der Waals surface area contributed by atoms with Crippen LogP contribution in [0.1, 0.15) is 10.4 Å². The number of sulfone groups is 1. The average molecular weight is 329 g/mol. The Bertz CT molecular complexity index is 783. The van der Waals surface area contributed by atoms with Gasteiger partial charge in [-0.05, 0) is 12.1 Å². The van der Waals surface area contributed by atoms with Gasteiger partial charge in [-0.15, -0.1) is 0 Å². The standard InChI is InChI=1S/C13H13ClN2O4S/c1-21(19,20)6-5-16-8-11(13(17)18)12(15-16)9-3-2-4-10(14)7-9/h2-4,7-8H,5-6H2,1H3,(H,17,18). The van der Waals surface area contributed by atoms with Gasteiger partial charge in [0.1, 0.15) is 21.1 Å². The maximum absolute atomic E-state index is 11.3. The molecular formula is C13H13ClN2O4S. The Kier molecular flexibility index (Phi) is 4.34. The maximum atomic E-state index is 11.3. The third kappa shape index (κ3) is 4.05. The normalized spacial score (nSPS) is 11.5. The minimum atomic E-state index is -3.15. The molecule has 0 spiro atoms. The summed E-state index contributed by atoms with van der Waals surface area (Å²) in [7, 11) is -3.15. The zero-order chi connectivity index (χ0) is 15.6. The lowest BCUT2D eigenvalue weighted by atomic mass is 10.1. The molecule has 0 atom stereocenters. The van der Waals surface area contributed by atoms with Gasteiger partial charge in [0.2, 0.25) is 0 Å². The molecule has 6 nitrogen and oxygen atoms in total. The van der Waals surface area contributed by atoms with Gasteiger partial charge in [-0.3, -0.25) is 4.68 Å².